The highest BCUT2D eigenvalue weighted by Crippen LogP contribution is 2.32. The molecule has 1 aliphatic rings. The summed E-state index contributed by atoms with van der Waals surface area (Å²) in [5, 5.41) is 3.46. The van der Waals surface area contributed by atoms with Crippen molar-refractivity contribution in [3.63, 3.8) is 0 Å². The zero-order chi connectivity index (χ0) is 13.2. The number of rotatable bonds is 3. The fourth-order valence-corrected chi connectivity index (χ4v) is 3.25. The minimum atomic E-state index is 0.612. The molecule has 0 aliphatic heterocycles. The van der Waals surface area contributed by atoms with Gasteiger partial charge < -0.3 is 9.88 Å². The van der Waals surface area contributed by atoms with Crippen LogP contribution in [0.3, 0.4) is 0 Å². The Morgan fingerprint density at radius 3 is 2.84 bits per heavy atom. The summed E-state index contributed by atoms with van der Waals surface area (Å²) in [5.41, 5.74) is 2.34. The highest BCUT2D eigenvalue weighted by molar-refractivity contribution is 9.10. The van der Waals surface area contributed by atoms with E-state index in [1.807, 2.05) is 6.20 Å². The largest absolute Gasteiger partial charge is 0.325 e. The van der Waals surface area contributed by atoms with E-state index in [1.165, 1.54) is 31.2 Å². The van der Waals surface area contributed by atoms with Gasteiger partial charge in [-0.3, -0.25) is 0 Å². The van der Waals surface area contributed by atoms with Crippen LogP contribution in [0.1, 0.15) is 37.3 Å². The van der Waals surface area contributed by atoms with E-state index in [9.17, 15) is 0 Å². The van der Waals surface area contributed by atoms with Crippen LogP contribution < -0.4 is 5.32 Å². The Bertz CT molecular complexity index is 571. The molecule has 3 nitrogen and oxygen atoms in total. The van der Waals surface area contributed by atoms with E-state index >= 15 is 0 Å². The first-order chi connectivity index (χ1) is 9.24. The molecule has 0 amide bonds. The smallest absolute Gasteiger partial charge is 0.207 e. The van der Waals surface area contributed by atoms with Gasteiger partial charge in [0.05, 0.1) is 0 Å². The third kappa shape index (κ3) is 2.68. The normalized spacial score (nSPS) is 15.9. The third-order valence-corrected chi connectivity index (χ3v) is 4.31. The van der Waals surface area contributed by atoms with Crippen molar-refractivity contribution in [3.05, 3.63) is 40.6 Å². The number of halogens is 1. The van der Waals surface area contributed by atoms with E-state index in [4.69, 9.17) is 0 Å². The van der Waals surface area contributed by atoms with Gasteiger partial charge in [0.25, 0.3) is 0 Å². The molecule has 4 heteroatoms. The van der Waals surface area contributed by atoms with Crippen LogP contribution in [0.25, 0.3) is 0 Å². The number of hydrogen-bond acceptors (Lipinski definition) is 2. The molecule has 0 spiro atoms. The quantitative estimate of drug-likeness (QED) is 0.879. The van der Waals surface area contributed by atoms with Crippen LogP contribution in [-0.4, -0.2) is 9.55 Å². The lowest BCUT2D eigenvalue weighted by Gasteiger charge is -2.16. The molecular formula is C15H18BrN3. The van der Waals surface area contributed by atoms with Gasteiger partial charge in [0.2, 0.25) is 5.95 Å². The van der Waals surface area contributed by atoms with Crippen molar-refractivity contribution < 1.29 is 0 Å². The molecule has 1 fully saturated rings. The van der Waals surface area contributed by atoms with Crippen LogP contribution in [0.4, 0.5) is 11.6 Å². The van der Waals surface area contributed by atoms with Gasteiger partial charge in [0.1, 0.15) is 0 Å². The Morgan fingerprint density at radius 2 is 2.11 bits per heavy atom. The predicted molar refractivity (Wildman–Crippen MR) is 81.9 cm³/mol. The maximum Gasteiger partial charge on any atom is 0.207 e. The first kappa shape index (κ1) is 12.7. The molecule has 19 heavy (non-hydrogen) atoms. The summed E-state index contributed by atoms with van der Waals surface area (Å²) in [7, 11) is 0. The fraction of sp³-hybridized carbons (Fsp3) is 0.400. The number of imidazole rings is 1. The van der Waals surface area contributed by atoms with Crippen molar-refractivity contribution in [3.8, 4) is 0 Å². The second-order valence-corrected chi connectivity index (χ2v) is 6.10. The second-order valence-electron chi connectivity index (χ2n) is 5.18. The highest BCUT2D eigenvalue weighted by Gasteiger charge is 2.19. The van der Waals surface area contributed by atoms with Crippen molar-refractivity contribution in [2.45, 2.75) is 38.6 Å². The topological polar surface area (TPSA) is 29.9 Å². The minimum Gasteiger partial charge on any atom is -0.325 e. The summed E-state index contributed by atoms with van der Waals surface area (Å²) in [5.74, 6) is 0.956. The standard InChI is InChI=1S/C15H18BrN3/c1-11-10-12(16)6-7-14(11)18-15-17-8-9-19(15)13-4-2-3-5-13/h6-10,13H,2-5H2,1H3,(H,17,18). The Labute approximate surface area is 122 Å². The van der Waals surface area contributed by atoms with E-state index in [0.29, 0.717) is 6.04 Å². The average molecular weight is 320 g/mol. The molecule has 1 N–H and O–H groups in total. The summed E-state index contributed by atoms with van der Waals surface area (Å²) >= 11 is 3.49. The SMILES string of the molecule is Cc1cc(Br)ccc1Nc1nccn1C1CCCC1. The average Bonchev–Trinajstić information content (AvgIpc) is 3.03. The number of nitrogens with zero attached hydrogens (tertiary/aromatic N) is 2. The molecule has 0 atom stereocenters. The van der Waals surface area contributed by atoms with E-state index in [1.54, 1.807) is 0 Å². The van der Waals surface area contributed by atoms with Crippen LogP contribution in [0.5, 0.6) is 0 Å². The molecule has 0 bridgehead atoms. The van der Waals surface area contributed by atoms with Gasteiger partial charge in [-0.15, -0.1) is 0 Å². The molecule has 1 aromatic heterocycles. The maximum absolute atomic E-state index is 4.46. The molecule has 2 aromatic rings. The van der Waals surface area contributed by atoms with E-state index in [-0.39, 0.29) is 0 Å². The number of benzene rings is 1. The predicted octanol–water partition coefficient (Wildman–Crippen LogP) is 4.81. The van der Waals surface area contributed by atoms with Gasteiger partial charge in [0, 0.05) is 28.6 Å². The Morgan fingerprint density at radius 1 is 1.32 bits per heavy atom. The molecule has 1 aromatic carbocycles. The number of nitrogens with one attached hydrogen (secondary N) is 1. The van der Waals surface area contributed by atoms with Gasteiger partial charge in [-0.1, -0.05) is 28.8 Å². The number of aromatic nitrogens is 2. The van der Waals surface area contributed by atoms with E-state index < -0.39 is 0 Å². The zero-order valence-corrected chi connectivity index (χ0v) is 12.7. The van der Waals surface area contributed by atoms with Crippen LogP contribution in [0.15, 0.2) is 35.1 Å². The Kier molecular flexibility index (Phi) is 3.60. The summed E-state index contributed by atoms with van der Waals surface area (Å²) in [6.45, 7) is 2.11. The molecule has 0 saturated heterocycles. The van der Waals surface area contributed by atoms with Crippen LogP contribution in [0, 0.1) is 6.92 Å². The molecule has 100 valence electrons. The van der Waals surface area contributed by atoms with Gasteiger partial charge >= 0.3 is 0 Å². The molecule has 1 heterocycles. The molecule has 0 radical (unpaired) electrons. The maximum atomic E-state index is 4.46. The van der Waals surface area contributed by atoms with Crippen LogP contribution in [0.2, 0.25) is 0 Å². The van der Waals surface area contributed by atoms with Crippen LogP contribution in [-0.2, 0) is 0 Å². The summed E-state index contributed by atoms with van der Waals surface area (Å²) in [6.07, 6.45) is 9.18. The lowest BCUT2D eigenvalue weighted by Crippen LogP contribution is -2.08. The first-order valence-electron chi connectivity index (χ1n) is 6.80. The number of anilines is 2. The van der Waals surface area contributed by atoms with Gasteiger partial charge in [0.15, 0.2) is 0 Å². The molecule has 0 unspecified atom stereocenters. The summed E-state index contributed by atoms with van der Waals surface area (Å²) in [4.78, 5) is 4.46. The van der Waals surface area contributed by atoms with Crippen LogP contribution >= 0.6 is 15.9 Å². The van der Waals surface area contributed by atoms with Gasteiger partial charge in [-0.2, -0.15) is 0 Å². The van der Waals surface area contributed by atoms with E-state index in [0.717, 1.165) is 16.1 Å². The monoisotopic (exact) mass is 319 g/mol. The minimum absolute atomic E-state index is 0.612. The molecule has 3 rings (SSSR count). The van der Waals surface area contributed by atoms with Crippen molar-refractivity contribution in [2.75, 3.05) is 5.32 Å². The Hall–Kier alpha value is -1.29. The molecular weight excluding hydrogens is 302 g/mol. The third-order valence-electron chi connectivity index (χ3n) is 3.82. The van der Waals surface area contributed by atoms with Crippen molar-refractivity contribution in [1.29, 1.82) is 0 Å². The number of hydrogen-bond donors (Lipinski definition) is 1. The Balaban J connectivity index is 1.85. The van der Waals surface area contributed by atoms with Crippen molar-refractivity contribution >= 4 is 27.6 Å². The van der Waals surface area contributed by atoms with Gasteiger partial charge in [-0.25, -0.2) is 4.98 Å². The summed E-state index contributed by atoms with van der Waals surface area (Å²) in [6, 6.07) is 6.87. The van der Waals surface area contributed by atoms with Gasteiger partial charge in [-0.05, 0) is 43.5 Å². The van der Waals surface area contributed by atoms with Crippen molar-refractivity contribution in [2.24, 2.45) is 0 Å². The molecule has 1 saturated carbocycles. The first-order valence-corrected chi connectivity index (χ1v) is 7.59. The van der Waals surface area contributed by atoms with E-state index in [2.05, 4.69) is 62.1 Å². The number of aryl methyl sites for hydroxylation is 1. The zero-order valence-electron chi connectivity index (χ0n) is 11.1. The second kappa shape index (κ2) is 5.37. The lowest BCUT2D eigenvalue weighted by atomic mass is 10.2. The summed E-state index contributed by atoms with van der Waals surface area (Å²) < 4.78 is 3.39. The van der Waals surface area contributed by atoms with Crippen molar-refractivity contribution in [1.82, 2.24) is 9.55 Å². The lowest BCUT2D eigenvalue weighted by molar-refractivity contribution is 0.525. The highest BCUT2D eigenvalue weighted by atomic mass is 79.9. The molecule has 1 aliphatic carbocycles. The fourth-order valence-electron chi connectivity index (χ4n) is 2.77.